The smallest absolute Gasteiger partial charge is 0.140 e. The number of hydrogen-bond donors (Lipinski definition) is 0. The van der Waals surface area contributed by atoms with Gasteiger partial charge >= 0.3 is 0 Å². The van der Waals surface area contributed by atoms with E-state index in [1.54, 1.807) is 0 Å². The maximum Gasteiger partial charge on any atom is 0.140 e. The number of rotatable bonds is 4. The second-order valence-corrected chi connectivity index (χ2v) is 6.38. The molecule has 1 unspecified atom stereocenters. The van der Waals surface area contributed by atoms with Gasteiger partial charge < -0.3 is 0 Å². The Labute approximate surface area is 113 Å². The van der Waals surface area contributed by atoms with Crippen molar-refractivity contribution in [2.75, 3.05) is 0 Å². The summed E-state index contributed by atoms with van der Waals surface area (Å²) in [7, 11) is 0. The zero-order chi connectivity index (χ0) is 12.3. The molecule has 0 radical (unpaired) electrons. The number of nitrogens with zero attached hydrogens (tertiary/aromatic N) is 2. The van der Waals surface area contributed by atoms with Crippen molar-refractivity contribution in [1.29, 1.82) is 0 Å². The summed E-state index contributed by atoms with van der Waals surface area (Å²) < 4.78 is 0. The Balaban J connectivity index is 2.11. The molecule has 0 bridgehead atoms. The van der Waals surface area contributed by atoms with Gasteiger partial charge in [0.2, 0.25) is 0 Å². The Morgan fingerprint density at radius 3 is 2.82 bits per heavy atom. The molecule has 2 nitrogen and oxygen atoms in total. The molecule has 1 atom stereocenters. The maximum absolute atomic E-state index is 6.24. The summed E-state index contributed by atoms with van der Waals surface area (Å²) >= 11 is 8.14. The second-order valence-electron chi connectivity index (χ2n) is 4.59. The predicted octanol–water partition coefficient (Wildman–Crippen LogP) is 4.04. The van der Waals surface area contributed by atoms with Crippen LogP contribution in [0.4, 0.5) is 0 Å². The van der Waals surface area contributed by atoms with Crippen LogP contribution in [0.1, 0.15) is 50.2 Å². The zero-order valence-corrected chi connectivity index (χ0v) is 12.1. The van der Waals surface area contributed by atoms with Crippen LogP contribution in [0.5, 0.6) is 0 Å². The first-order chi connectivity index (χ1) is 8.20. The van der Waals surface area contributed by atoms with E-state index in [4.69, 9.17) is 11.6 Å². The van der Waals surface area contributed by atoms with Crippen LogP contribution in [0.3, 0.4) is 0 Å². The fourth-order valence-corrected chi connectivity index (χ4v) is 3.10. The van der Waals surface area contributed by atoms with Crippen molar-refractivity contribution >= 4 is 23.4 Å². The van der Waals surface area contributed by atoms with Crippen LogP contribution in [-0.4, -0.2) is 15.2 Å². The highest BCUT2D eigenvalue weighted by Gasteiger charge is 2.16. The minimum atomic E-state index is 0.661. The predicted molar refractivity (Wildman–Crippen MR) is 74.7 cm³/mol. The molecule has 0 aromatic carbocycles. The molecule has 0 spiro atoms. The summed E-state index contributed by atoms with van der Waals surface area (Å²) in [4.78, 5) is 9.09. The number of hydrogen-bond acceptors (Lipinski definition) is 3. The molecule has 1 aromatic rings. The van der Waals surface area contributed by atoms with Crippen LogP contribution in [-0.2, 0) is 18.6 Å². The van der Waals surface area contributed by atoms with Gasteiger partial charge in [-0.2, -0.15) is 11.8 Å². The summed E-state index contributed by atoms with van der Waals surface area (Å²) in [6.45, 7) is 4.45. The first-order valence-corrected chi connectivity index (χ1v) is 7.79. The molecule has 17 heavy (non-hydrogen) atoms. The van der Waals surface area contributed by atoms with Crippen molar-refractivity contribution in [2.45, 2.75) is 57.0 Å². The lowest BCUT2D eigenvalue weighted by atomic mass is 9.97. The van der Waals surface area contributed by atoms with E-state index >= 15 is 0 Å². The fourth-order valence-electron chi connectivity index (χ4n) is 2.00. The Hall–Kier alpha value is -0.280. The number of thioether (sulfide) groups is 1. The van der Waals surface area contributed by atoms with Gasteiger partial charge in [-0.15, -0.1) is 0 Å². The standard InChI is InChI=1S/C13H19ClN2S/c1-3-9(2)17-8-12-15-11-7-5-4-6-10(11)13(14)16-12/h9H,3-8H2,1-2H3. The normalized spacial score (nSPS) is 16.6. The number of aryl methyl sites for hydroxylation is 1. The Kier molecular flexibility index (Phi) is 4.69. The number of aromatic nitrogens is 2. The molecule has 0 amide bonds. The monoisotopic (exact) mass is 270 g/mol. The van der Waals surface area contributed by atoms with Crippen molar-refractivity contribution in [3.63, 3.8) is 0 Å². The summed E-state index contributed by atoms with van der Waals surface area (Å²) in [5.41, 5.74) is 2.38. The van der Waals surface area contributed by atoms with E-state index in [0.717, 1.165) is 24.4 Å². The van der Waals surface area contributed by atoms with Gasteiger partial charge in [0.15, 0.2) is 0 Å². The Morgan fingerprint density at radius 1 is 1.29 bits per heavy atom. The first-order valence-electron chi connectivity index (χ1n) is 6.36. The van der Waals surface area contributed by atoms with Gasteiger partial charge in [0, 0.05) is 16.5 Å². The van der Waals surface area contributed by atoms with Gasteiger partial charge in [0.1, 0.15) is 11.0 Å². The van der Waals surface area contributed by atoms with Crippen LogP contribution in [0, 0.1) is 0 Å². The third-order valence-corrected chi connectivity index (χ3v) is 4.89. The van der Waals surface area contributed by atoms with Crippen LogP contribution in [0.15, 0.2) is 0 Å². The molecule has 1 aliphatic carbocycles. The lowest BCUT2D eigenvalue weighted by molar-refractivity contribution is 0.657. The van der Waals surface area contributed by atoms with Crippen LogP contribution in [0.2, 0.25) is 5.15 Å². The highest BCUT2D eigenvalue weighted by molar-refractivity contribution is 7.99. The minimum Gasteiger partial charge on any atom is -0.237 e. The van der Waals surface area contributed by atoms with Gasteiger partial charge in [0.05, 0.1) is 5.75 Å². The topological polar surface area (TPSA) is 25.8 Å². The van der Waals surface area contributed by atoms with E-state index in [0.29, 0.717) is 10.4 Å². The highest BCUT2D eigenvalue weighted by Crippen LogP contribution is 2.26. The molecular weight excluding hydrogens is 252 g/mol. The molecule has 0 aliphatic heterocycles. The quantitative estimate of drug-likeness (QED) is 0.772. The molecule has 1 aliphatic rings. The van der Waals surface area contributed by atoms with Gasteiger partial charge in [0.25, 0.3) is 0 Å². The van der Waals surface area contributed by atoms with Crippen LogP contribution < -0.4 is 0 Å². The molecule has 0 saturated heterocycles. The third-order valence-electron chi connectivity index (χ3n) is 3.25. The molecule has 2 rings (SSSR count). The minimum absolute atomic E-state index is 0.661. The molecule has 0 N–H and O–H groups in total. The van der Waals surface area contributed by atoms with Crippen LogP contribution >= 0.6 is 23.4 Å². The number of halogens is 1. The van der Waals surface area contributed by atoms with Crippen LogP contribution in [0.25, 0.3) is 0 Å². The lowest BCUT2D eigenvalue weighted by Crippen LogP contribution is -2.10. The summed E-state index contributed by atoms with van der Waals surface area (Å²) in [6, 6.07) is 0. The van der Waals surface area contributed by atoms with Gasteiger partial charge in [-0.1, -0.05) is 25.4 Å². The van der Waals surface area contributed by atoms with E-state index in [2.05, 4.69) is 23.8 Å². The summed E-state index contributed by atoms with van der Waals surface area (Å²) in [5.74, 6) is 1.78. The van der Waals surface area contributed by atoms with Crippen molar-refractivity contribution in [1.82, 2.24) is 9.97 Å². The average molecular weight is 271 g/mol. The molecule has 94 valence electrons. The van der Waals surface area contributed by atoms with E-state index < -0.39 is 0 Å². The Morgan fingerprint density at radius 2 is 2.06 bits per heavy atom. The van der Waals surface area contributed by atoms with E-state index in [9.17, 15) is 0 Å². The molecule has 1 heterocycles. The molecule has 0 fully saturated rings. The Bertz CT molecular complexity index is 395. The number of fused-ring (bicyclic) bond motifs is 1. The zero-order valence-electron chi connectivity index (χ0n) is 10.5. The van der Waals surface area contributed by atoms with Crippen molar-refractivity contribution in [2.24, 2.45) is 0 Å². The average Bonchev–Trinajstić information content (AvgIpc) is 2.36. The van der Waals surface area contributed by atoms with Gasteiger partial charge in [-0.05, 0) is 32.1 Å². The van der Waals surface area contributed by atoms with Crippen molar-refractivity contribution in [3.8, 4) is 0 Å². The van der Waals surface area contributed by atoms with Gasteiger partial charge in [-0.25, -0.2) is 9.97 Å². The van der Waals surface area contributed by atoms with E-state index in [1.165, 1.54) is 30.5 Å². The first kappa shape index (κ1) is 13.2. The second kappa shape index (κ2) is 6.05. The highest BCUT2D eigenvalue weighted by atomic mass is 35.5. The summed E-state index contributed by atoms with van der Waals surface area (Å²) in [6.07, 6.45) is 5.75. The van der Waals surface area contributed by atoms with Gasteiger partial charge in [-0.3, -0.25) is 0 Å². The fraction of sp³-hybridized carbons (Fsp3) is 0.692. The SMILES string of the molecule is CCC(C)SCc1nc(Cl)c2c(n1)CCCC2. The largest absolute Gasteiger partial charge is 0.237 e. The maximum atomic E-state index is 6.24. The van der Waals surface area contributed by atoms with E-state index in [1.807, 2.05) is 11.8 Å². The van der Waals surface area contributed by atoms with E-state index in [-0.39, 0.29) is 0 Å². The molecule has 4 heteroatoms. The molecular formula is C13H19ClN2S. The summed E-state index contributed by atoms with van der Waals surface area (Å²) in [5, 5.41) is 1.35. The lowest BCUT2D eigenvalue weighted by Gasteiger charge is -2.16. The molecule has 0 saturated carbocycles. The molecule has 1 aromatic heterocycles. The van der Waals surface area contributed by atoms with Crippen molar-refractivity contribution < 1.29 is 0 Å². The van der Waals surface area contributed by atoms with Crippen molar-refractivity contribution in [3.05, 3.63) is 22.2 Å². The third kappa shape index (κ3) is 3.35.